The van der Waals surface area contributed by atoms with Crippen LogP contribution in [0.4, 0.5) is 0 Å². The zero-order chi connectivity index (χ0) is 12.1. The Morgan fingerprint density at radius 3 is 2.82 bits per heavy atom. The van der Waals surface area contributed by atoms with E-state index in [1.165, 1.54) is 0 Å². The second kappa shape index (κ2) is 5.08. The van der Waals surface area contributed by atoms with Crippen molar-refractivity contribution < 1.29 is 4.74 Å². The van der Waals surface area contributed by atoms with E-state index in [0.717, 1.165) is 5.69 Å². The van der Waals surface area contributed by atoms with E-state index in [1.807, 2.05) is 13.0 Å². The molecule has 2 rings (SSSR count). The third-order valence-electron chi connectivity index (χ3n) is 2.31. The summed E-state index contributed by atoms with van der Waals surface area (Å²) in [4.78, 5) is 8.14. The summed E-state index contributed by atoms with van der Waals surface area (Å²) in [7, 11) is 0. The Labute approximate surface area is 99.5 Å². The number of aromatic nitrogens is 2. The van der Waals surface area contributed by atoms with Crippen molar-refractivity contribution in [2.45, 2.75) is 13.0 Å². The van der Waals surface area contributed by atoms with E-state index >= 15 is 0 Å². The van der Waals surface area contributed by atoms with Crippen LogP contribution in [0.1, 0.15) is 24.3 Å². The van der Waals surface area contributed by atoms with Crippen LogP contribution in [0.25, 0.3) is 0 Å². The van der Waals surface area contributed by atoms with E-state index in [0.29, 0.717) is 11.3 Å². The molecular formula is C13H11N3O. The van der Waals surface area contributed by atoms with Gasteiger partial charge in [-0.2, -0.15) is 5.26 Å². The lowest BCUT2D eigenvalue weighted by atomic mass is 10.2. The van der Waals surface area contributed by atoms with E-state index in [4.69, 9.17) is 10.00 Å². The molecule has 0 bridgehead atoms. The molecule has 0 saturated carbocycles. The maximum atomic E-state index is 8.94. The molecular weight excluding hydrogens is 214 g/mol. The summed E-state index contributed by atoms with van der Waals surface area (Å²) in [5.74, 6) is 0.563. The number of benzene rings is 1. The highest BCUT2D eigenvalue weighted by atomic mass is 16.5. The molecule has 0 saturated heterocycles. The standard InChI is InChI=1S/C13H11N3O/c1-10(12-9-15-6-7-16-12)17-13-5-3-2-4-11(13)8-14/h2-7,9-10H,1H3. The van der Waals surface area contributed by atoms with E-state index in [-0.39, 0.29) is 6.10 Å². The van der Waals surface area contributed by atoms with Crippen molar-refractivity contribution in [2.24, 2.45) is 0 Å². The second-order valence-corrected chi connectivity index (χ2v) is 3.50. The van der Waals surface area contributed by atoms with Crippen molar-refractivity contribution in [3.63, 3.8) is 0 Å². The number of nitrogens with zero attached hydrogens (tertiary/aromatic N) is 3. The van der Waals surface area contributed by atoms with Gasteiger partial charge in [0, 0.05) is 12.4 Å². The van der Waals surface area contributed by atoms with Crippen LogP contribution in [0.15, 0.2) is 42.9 Å². The average molecular weight is 225 g/mol. The molecule has 0 N–H and O–H groups in total. The lowest BCUT2D eigenvalue weighted by molar-refractivity contribution is 0.221. The highest BCUT2D eigenvalue weighted by Gasteiger charge is 2.10. The predicted octanol–water partition coefficient (Wildman–Crippen LogP) is 2.49. The minimum absolute atomic E-state index is 0.238. The SMILES string of the molecule is CC(Oc1ccccc1C#N)c1cnccn1. The molecule has 1 atom stereocenters. The van der Waals surface area contributed by atoms with Crippen LogP contribution in [-0.2, 0) is 0 Å². The van der Waals surface area contributed by atoms with E-state index in [2.05, 4.69) is 16.0 Å². The Morgan fingerprint density at radius 1 is 1.29 bits per heavy atom. The molecule has 1 heterocycles. The van der Waals surface area contributed by atoms with Gasteiger partial charge in [-0.25, -0.2) is 0 Å². The Balaban J connectivity index is 2.19. The van der Waals surface area contributed by atoms with Gasteiger partial charge in [0.1, 0.15) is 17.9 Å². The predicted molar refractivity (Wildman–Crippen MR) is 62.2 cm³/mol. The summed E-state index contributed by atoms with van der Waals surface area (Å²) >= 11 is 0. The van der Waals surface area contributed by atoms with Gasteiger partial charge < -0.3 is 4.74 Å². The third kappa shape index (κ3) is 2.58. The van der Waals surface area contributed by atoms with Crippen LogP contribution in [0, 0.1) is 11.3 Å². The lowest BCUT2D eigenvalue weighted by Crippen LogP contribution is -2.06. The number of nitriles is 1. The first-order valence-electron chi connectivity index (χ1n) is 5.23. The topological polar surface area (TPSA) is 58.8 Å². The van der Waals surface area contributed by atoms with Crippen molar-refractivity contribution in [1.29, 1.82) is 5.26 Å². The Morgan fingerprint density at radius 2 is 2.12 bits per heavy atom. The Bertz CT molecular complexity index is 534. The smallest absolute Gasteiger partial charge is 0.139 e. The normalized spacial score (nSPS) is 11.5. The van der Waals surface area contributed by atoms with Gasteiger partial charge in [0.2, 0.25) is 0 Å². The van der Waals surface area contributed by atoms with Crippen molar-refractivity contribution in [3.8, 4) is 11.8 Å². The van der Waals surface area contributed by atoms with E-state index in [1.54, 1.807) is 36.8 Å². The van der Waals surface area contributed by atoms with Gasteiger partial charge in [-0.3, -0.25) is 9.97 Å². The maximum absolute atomic E-state index is 8.94. The molecule has 1 unspecified atom stereocenters. The molecule has 84 valence electrons. The first-order chi connectivity index (χ1) is 8.31. The quantitative estimate of drug-likeness (QED) is 0.805. The Kier molecular flexibility index (Phi) is 3.31. The zero-order valence-corrected chi connectivity index (χ0v) is 9.37. The minimum atomic E-state index is -0.238. The van der Waals surface area contributed by atoms with E-state index < -0.39 is 0 Å². The summed E-state index contributed by atoms with van der Waals surface area (Å²) in [6.07, 6.45) is 4.64. The second-order valence-electron chi connectivity index (χ2n) is 3.50. The van der Waals surface area contributed by atoms with Gasteiger partial charge in [0.25, 0.3) is 0 Å². The largest absolute Gasteiger partial charge is 0.483 e. The maximum Gasteiger partial charge on any atom is 0.139 e. The van der Waals surface area contributed by atoms with Gasteiger partial charge in [-0.15, -0.1) is 0 Å². The fourth-order valence-corrected chi connectivity index (χ4v) is 1.43. The summed E-state index contributed by atoms with van der Waals surface area (Å²) in [6.45, 7) is 1.87. The number of ether oxygens (including phenoxy) is 1. The van der Waals surface area contributed by atoms with Crippen LogP contribution >= 0.6 is 0 Å². The lowest BCUT2D eigenvalue weighted by Gasteiger charge is -2.14. The average Bonchev–Trinajstić information content (AvgIpc) is 2.40. The molecule has 4 nitrogen and oxygen atoms in total. The van der Waals surface area contributed by atoms with Crippen LogP contribution in [-0.4, -0.2) is 9.97 Å². The molecule has 0 aliphatic carbocycles. The summed E-state index contributed by atoms with van der Waals surface area (Å²) in [6, 6.07) is 9.22. The fraction of sp³-hybridized carbons (Fsp3) is 0.154. The van der Waals surface area contributed by atoms with Crippen molar-refractivity contribution in [3.05, 3.63) is 54.1 Å². The summed E-state index contributed by atoms with van der Waals surface area (Å²) < 4.78 is 5.70. The van der Waals surface area contributed by atoms with Gasteiger partial charge >= 0.3 is 0 Å². The first kappa shape index (κ1) is 11.1. The van der Waals surface area contributed by atoms with Crippen molar-refractivity contribution >= 4 is 0 Å². The molecule has 1 aromatic carbocycles. The molecule has 0 radical (unpaired) electrons. The molecule has 0 aliphatic heterocycles. The van der Waals surface area contributed by atoms with Crippen LogP contribution < -0.4 is 4.74 Å². The number of para-hydroxylation sites is 1. The number of rotatable bonds is 3. The number of hydrogen-bond donors (Lipinski definition) is 0. The number of hydrogen-bond acceptors (Lipinski definition) is 4. The van der Waals surface area contributed by atoms with Gasteiger partial charge in [0.05, 0.1) is 17.5 Å². The van der Waals surface area contributed by atoms with Gasteiger partial charge in [0.15, 0.2) is 0 Å². The molecule has 1 aromatic heterocycles. The highest BCUT2D eigenvalue weighted by Crippen LogP contribution is 2.23. The molecule has 2 aromatic rings. The molecule has 0 spiro atoms. The fourth-order valence-electron chi connectivity index (χ4n) is 1.43. The van der Waals surface area contributed by atoms with Crippen molar-refractivity contribution in [1.82, 2.24) is 9.97 Å². The molecule has 17 heavy (non-hydrogen) atoms. The zero-order valence-electron chi connectivity index (χ0n) is 9.37. The monoisotopic (exact) mass is 225 g/mol. The van der Waals surface area contributed by atoms with Crippen LogP contribution in [0.5, 0.6) is 5.75 Å². The third-order valence-corrected chi connectivity index (χ3v) is 2.31. The first-order valence-corrected chi connectivity index (χ1v) is 5.23. The summed E-state index contributed by atoms with van der Waals surface area (Å²) in [5, 5.41) is 8.94. The van der Waals surface area contributed by atoms with Gasteiger partial charge in [-0.05, 0) is 19.1 Å². The minimum Gasteiger partial charge on any atom is -0.483 e. The summed E-state index contributed by atoms with van der Waals surface area (Å²) in [5.41, 5.74) is 1.25. The molecule has 0 amide bonds. The Hall–Kier alpha value is -2.41. The van der Waals surface area contributed by atoms with E-state index in [9.17, 15) is 0 Å². The van der Waals surface area contributed by atoms with Crippen molar-refractivity contribution in [2.75, 3.05) is 0 Å². The van der Waals surface area contributed by atoms with Gasteiger partial charge in [-0.1, -0.05) is 12.1 Å². The highest BCUT2D eigenvalue weighted by molar-refractivity contribution is 5.42. The van der Waals surface area contributed by atoms with Crippen LogP contribution in [0.3, 0.4) is 0 Å². The molecule has 0 aliphatic rings. The van der Waals surface area contributed by atoms with Crippen LogP contribution in [0.2, 0.25) is 0 Å². The molecule has 4 heteroatoms. The molecule has 0 fully saturated rings.